The first-order valence-corrected chi connectivity index (χ1v) is 5.56. The van der Waals surface area contributed by atoms with E-state index in [9.17, 15) is 0 Å². The molecule has 1 N–H and O–H groups in total. The first-order valence-electron chi connectivity index (χ1n) is 5.56. The van der Waals surface area contributed by atoms with Crippen molar-refractivity contribution in [3.05, 3.63) is 30.1 Å². The number of nitrogens with one attached hydrogen (secondary N) is 1. The number of nitrogens with zero attached hydrogens (tertiary/aromatic N) is 2. The zero-order valence-electron chi connectivity index (χ0n) is 9.90. The van der Waals surface area contributed by atoms with Crippen molar-refractivity contribution >= 4 is 0 Å². The Bertz CT molecular complexity index is 261. The van der Waals surface area contributed by atoms with Gasteiger partial charge in [0.2, 0.25) is 0 Å². The van der Waals surface area contributed by atoms with E-state index >= 15 is 0 Å². The molecule has 0 amide bonds. The van der Waals surface area contributed by atoms with Crippen LogP contribution in [0.3, 0.4) is 0 Å². The maximum absolute atomic E-state index is 4.01. The Morgan fingerprint density at radius 2 is 2.07 bits per heavy atom. The molecule has 1 rings (SSSR count). The van der Waals surface area contributed by atoms with Gasteiger partial charge in [0, 0.05) is 31.5 Å². The number of pyridine rings is 1. The summed E-state index contributed by atoms with van der Waals surface area (Å²) in [6, 6.07) is 4.51. The van der Waals surface area contributed by atoms with Crippen LogP contribution in [0.5, 0.6) is 0 Å². The fraction of sp³-hybridized carbons (Fsp3) is 0.583. The third-order valence-corrected chi connectivity index (χ3v) is 2.69. The zero-order chi connectivity index (χ0) is 11.1. The number of hydrogen-bond donors (Lipinski definition) is 1. The predicted octanol–water partition coefficient (Wildman–Crippen LogP) is 1.68. The van der Waals surface area contributed by atoms with Crippen LogP contribution in [0, 0.1) is 0 Å². The molecule has 0 aliphatic carbocycles. The maximum Gasteiger partial charge on any atom is 0.0293 e. The highest BCUT2D eigenvalue weighted by Crippen LogP contribution is 2.09. The summed E-state index contributed by atoms with van der Waals surface area (Å²) >= 11 is 0. The van der Waals surface area contributed by atoms with Gasteiger partial charge in [-0.1, -0.05) is 6.92 Å². The summed E-state index contributed by atoms with van der Waals surface area (Å²) in [6.07, 6.45) is 3.68. The highest BCUT2D eigenvalue weighted by molar-refractivity contribution is 5.13. The lowest BCUT2D eigenvalue weighted by Gasteiger charge is -2.18. The number of hydrogen-bond acceptors (Lipinski definition) is 3. The van der Waals surface area contributed by atoms with E-state index in [0.717, 1.165) is 19.6 Å². The van der Waals surface area contributed by atoms with Crippen molar-refractivity contribution in [1.82, 2.24) is 15.2 Å². The van der Waals surface area contributed by atoms with Gasteiger partial charge in [-0.2, -0.15) is 0 Å². The SMILES string of the molecule is CCN(C)CCNC(C)c1ccncc1. The molecular formula is C12H21N3. The molecule has 0 aliphatic heterocycles. The summed E-state index contributed by atoms with van der Waals surface area (Å²) in [7, 11) is 2.14. The Balaban J connectivity index is 2.28. The van der Waals surface area contributed by atoms with Gasteiger partial charge >= 0.3 is 0 Å². The van der Waals surface area contributed by atoms with Crippen molar-refractivity contribution in [1.29, 1.82) is 0 Å². The van der Waals surface area contributed by atoms with Crippen molar-refractivity contribution in [2.24, 2.45) is 0 Å². The van der Waals surface area contributed by atoms with E-state index in [4.69, 9.17) is 0 Å². The lowest BCUT2D eigenvalue weighted by molar-refractivity contribution is 0.342. The van der Waals surface area contributed by atoms with Crippen molar-refractivity contribution in [2.45, 2.75) is 19.9 Å². The lowest BCUT2D eigenvalue weighted by atomic mass is 10.1. The van der Waals surface area contributed by atoms with Gasteiger partial charge in [0.25, 0.3) is 0 Å². The molecule has 0 fully saturated rings. The zero-order valence-corrected chi connectivity index (χ0v) is 9.90. The molecule has 1 aromatic rings. The van der Waals surface area contributed by atoms with E-state index in [-0.39, 0.29) is 0 Å². The molecule has 0 bridgehead atoms. The highest BCUT2D eigenvalue weighted by atomic mass is 15.1. The van der Waals surface area contributed by atoms with E-state index in [1.54, 1.807) is 0 Å². The molecule has 1 heterocycles. The van der Waals surface area contributed by atoms with Crippen molar-refractivity contribution in [3.63, 3.8) is 0 Å². The van der Waals surface area contributed by atoms with Crippen LogP contribution in [0.15, 0.2) is 24.5 Å². The monoisotopic (exact) mass is 207 g/mol. The second kappa shape index (κ2) is 6.53. The smallest absolute Gasteiger partial charge is 0.0293 e. The molecular weight excluding hydrogens is 186 g/mol. The Morgan fingerprint density at radius 1 is 1.40 bits per heavy atom. The van der Waals surface area contributed by atoms with Gasteiger partial charge < -0.3 is 10.2 Å². The van der Waals surface area contributed by atoms with Gasteiger partial charge in [-0.15, -0.1) is 0 Å². The van der Waals surface area contributed by atoms with E-state index in [1.165, 1.54) is 5.56 Å². The third kappa shape index (κ3) is 4.40. The van der Waals surface area contributed by atoms with Gasteiger partial charge in [-0.25, -0.2) is 0 Å². The number of rotatable bonds is 6. The lowest BCUT2D eigenvalue weighted by Crippen LogP contribution is -2.30. The molecule has 1 aromatic heterocycles. The molecule has 1 atom stereocenters. The van der Waals surface area contributed by atoms with Crippen LogP contribution in [-0.4, -0.2) is 36.6 Å². The van der Waals surface area contributed by atoms with Crippen LogP contribution in [0.25, 0.3) is 0 Å². The van der Waals surface area contributed by atoms with Crippen LogP contribution in [0.4, 0.5) is 0 Å². The molecule has 1 unspecified atom stereocenters. The fourth-order valence-electron chi connectivity index (χ4n) is 1.40. The van der Waals surface area contributed by atoms with Crippen molar-refractivity contribution in [2.75, 3.05) is 26.7 Å². The highest BCUT2D eigenvalue weighted by Gasteiger charge is 2.03. The summed E-state index contributed by atoms with van der Waals surface area (Å²) in [6.45, 7) is 7.57. The molecule has 84 valence electrons. The average Bonchev–Trinajstić information content (AvgIpc) is 2.29. The molecule has 3 heteroatoms. The molecule has 0 saturated carbocycles. The van der Waals surface area contributed by atoms with Gasteiger partial charge in [0.15, 0.2) is 0 Å². The summed E-state index contributed by atoms with van der Waals surface area (Å²) in [5.41, 5.74) is 1.30. The van der Waals surface area contributed by atoms with Crippen LogP contribution in [-0.2, 0) is 0 Å². The summed E-state index contributed by atoms with van der Waals surface area (Å²) in [4.78, 5) is 6.31. The summed E-state index contributed by atoms with van der Waals surface area (Å²) in [5.74, 6) is 0. The Kier molecular flexibility index (Phi) is 5.29. The normalized spacial score (nSPS) is 13.1. The third-order valence-electron chi connectivity index (χ3n) is 2.69. The molecule has 0 saturated heterocycles. The van der Waals surface area contributed by atoms with Crippen LogP contribution >= 0.6 is 0 Å². The van der Waals surface area contributed by atoms with Gasteiger partial charge in [-0.3, -0.25) is 4.98 Å². The minimum atomic E-state index is 0.401. The van der Waals surface area contributed by atoms with Crippen LogP contribution in [0.2, 0.25) is 0 Å². The maximum atomic E-state index is 4.01. The van der Waals surface area contributed by atoms with Crippen molar-refractivity contribution in [3.8, 4) is 0 Å². The van der Waals surface area contributed by atoms with E-state index in [1.807, 2.05) is 12.4 Å². The van der Waals surface area contributed by atoms with Crippen molar-refractivity contribution < 1.29 is 0 Å². The van der Waals surface area contributed by atoms with Crippen LogP contribution < -0.4 is 5.32 Å². The minimum Gasteiger partial charge on any atom is -0.309 e. The molecule has 0 radical (unpaired) electrons. The Labute approximate surface area is 92.5 Å². The first-order chi connectivity index (χ1) is 7.24. The Morgan fingerprint density at radius 3 is 2.67 bits per heavy atom. The number of aromatic nitrogens is 1. The largest absolute Gasteiger partial charge is 0.309 e. The summed E-state index contributed by atoms with van der Waals surface area (Å²) in [5, 5.41) is 3.49. The average molecular weight is 207 g/mol. The Hall–Kier alpha value is -0.930. The second-order valence-electron chi connectivity index (χ2n) is 3.85. The van der Waals surface area contributed by atoms with Crippen LogP contribution in [0.1, 0.15) is 25.5 Å². The molecule has 0 spiro atoms. The van der Waals surface area contributed by atoms with Gasteiger partial charge in [0.1, 0.15) is 0 Å². The molecule has 0 aliphatic rings. The second-order valence-corrected chi connectivity index (χ2v) is 3.85. The minimum absolute atomic E-state index is 0.401. The molecule has 3 nitrogen and oxygen atoms in total. The van der Waals surface area contributed by atoms with E-state index in [2.05, 4.69) is 48.2 Å². The van der Waals surface area contributed by atoms with E-state index in [0.29, 0.717) is 6.04 Å². The number of likely N-dealkylation sites (N-methyl/N-ethyl adjacent to an activating group) is 1. The van der Waals surface area contributed by atoms with Gasteiger partial charge in [-0.05, 0) is 38.2 Å². The standard InChI is InChI=1S/C12H21N3/c1-4-15(3)10-9-14-11(2)12-5-7-13-8-6-12/h5-8,11,14H,4,9-10H2,1-3H3. The molecule has 15 heavy (non-hydrogen) atoms. The fourth-order valence-corrected chi connectivity index (χ4v) is 1.40. The topological polar surface area (TPSA) is 28.2 Å². The summed E-state index contributed by atoms with van der Waals surface area (Å²) < 4.78 is 0. The van der Waals surface area contributed by atoms with Gasteiger partial charge in [0.05, 0.1) is 0 Å². The quantitative estimate of drug-likeness (QED) is 0.769. The predicted molar refractivity (Wildman–Crippen MR) is 63.8 cm³/mol. The van der Waals surface area contributed by atoms with E-state index < -0.39 is 0 Å². The first kappa shape index (κ1) is 12.1. The molecule has 0 aromatic carbocycles.